The average Bonchev–Trinajstić information content (AvgIpc) is 2.89. The number of carbonyl (C=O) groups is 3. The Kier molecular flexibility index (Phi) is 4.83. The summed E-state index contributed by atoms with van der Waals surface area (Å²) in [6.45, 7) is 5.28. The van der Waals surface area contributed by atoms with Gasteiger partial charge >= 0.3 is 0 Å². The topological polar surface area (TPSA) is 57.7 Å². The molecule has 0 aromatic heterocycles. The van der Waals surface area contributed by atoms with E-state index in [1.807, 2.05) is 0 Å². The number of carbonyl (C=O) groups excluding carboxylic acids is 3. The molecule has 1 saturated heterocycles. The van der Waals surface area contributed by atoms with E-state index in [-0.39, 0.29) is 17.9 Å². The zero-order chi connectivity index (χ0) is 19.8. The number of imide groups is 1. The highest BCUT2D eigenvalue weighted by molar-refractivity contribution is 6.23. The molecule has 1 heterocycles. The van der Waals surface area contributed by atoms with Crippen molar-refractivity contribution in [2.45, 2.75) is 38.8 Å². The summed E-state index contributed by atoms with van der Waals surface area (Å²) in [7, 11) is 0. The summed E-state index contributed by atoms with van der Waals surface area (Å²) >= 11 is 0. The van der Waals surface area contributed by atoms with Crippen LogP contribution in [0.1, 0.15) is 37.6 Å². The number of hydrogen-bond donors (Lipinski definition) is 0. The SMILES string of the molecule is CC(C)(C)N(C(=O)c1ccccc1F)C1CC(=O)N(c2ccccc2)C1=O. The molecule has 0 aliphatic carbocycles. The molecule has 1 fully saturated rings. The van der Waals surface area contributed by atoms with Gasteiger partial charge in [0.05, 0.1) is 17.7 Å². The second-order valence-electron chi connectivity index (χ2n) is 7.45. The molecule has 5 nitrogen and oxygen atoms in total. The number of nitrogens with zero attached hydrogens (tertiary/aromatic N) is 2. The molecule has 1 aliphatic heterocycles. The number of hydrogen-bond acceptors (Lipinski definition) is 3. The maximum absolute atomic E-state index is 14.2. The van der Waals surface area contributed by atoms with Crippen molar-refractivity contribution < 1.29 is 18.8 Å². The number of rotatable bonds is 3. The first-order valence-corrected chi connectivity index (χ1v) is 8.72. The standard InChI is InChI=1S/C21H21FN2O3/c1-21(2,3)24(19(26)15-11-7-8-12-16(15)22)17-13-18(25)23(20(17)27)14-9-5-4-6-10-14/h4-12,17H,13H2,1-3H3. The molecule has 2 aromatic carbocycles. The maximum Gasteiger partial charge on any atom is 0.257 e. The Balaban J connectivity index is 2.00. The Morgan fingerprint density at radius 1 is 1.04 bits per heavy atom. The van der Waals surface area contributed by atoms with Crippen molar-refractivity contribution in [3.63, 3.8) is 0 Å². The van der Waals surface area contributed by atoms with Gasteiger partial charge < -0.3 is 4.90 Å². The third-order valence-corrected chi connectivity index (χ3v) is 4.49. The van der Waals surface area contributed by atoms with Gasteiger partial charge in [-0.1, -0.05) is 30.3 Å². The summed E-state index contributed by atoms with van der Waals surface area (Å²) in [6, 6.07) is 13.2. The number of para-hydroxylation sites is 1. The molecule has 0 N–H and O–H groups in total. The molecule has 27 heavy (non-hydrogen) atoms. The first-order chi connectivity index (χ1) is 12.7. The Bertz CT molecular complexity index is 890. The van der Waals surface area contributed by atoms with Gasteiger partial charge in [-0.3, -0.25) is 14.4 Å². The van der Waals surface area contributed by atoms with E-state index >= 15 is 0 Å². The van der Waals surface area contributed by atoms with Crippen LogP contribution in [0.3, 0.4) is 0 Å². The fourth-order valence-corrected chi connectivity index (χ4v) is 3.34. The minimum atomic E-state index is -0.982. The van der Waals surface area contributed by atoms with E-state index < -0.39 is 29.2 Å². The smallest absolute Gasteiger partial charge is 0.257 e. The number of amides is 3. The minimum absolute atomic E-state index is 0.120. The van der Waals surface area contributed by atoms with Crippen molar-refractivity contribution in [2.24, 2.45) is 0 Å². The third-order valence-electron chi connectivity index (χ3n) is 4.49. The average molecular weight is 368 g/mol. The predicted octanol–water partition coefficient (Wildman–Crippen LogP) is 3.40. The lowest BCUT2D eigenvalue weighted by Crippen LogP contribution is -2.54. The van der Waals surface area contributed by atoms with Crippen molar-refractivity contribution in [1.82, 2.24) is 4.90 Å². The molecule has 1 atom stereocenters. The zero-order valence-electron chi connectivity index (χ0n) is 15.5. The molecule has 0 radical (unpaired) electrons. The van der Waals surface area contributed by atoms with Crippen molar-refractivity contribution in [2.75, 3.05) is 4.90 Å². The van der Waals surface area contributed by atoms with Gasteiger partial charge in [-0.05, 0) is 45.0 Å². The Labute approximate surface area is 157 Å². The summed E-state index contributed by atoms with van der Waals surface area (Å²) in [5, 5.41) is 0. The van der Waals surface area contributed by atoms with E-state index in [2.05, 4.69) is 0 Å². The molecule has 1 unspecified atom stereocenters. The third kappa shape index (κ3) is 3.47. The highest BCUT2D eigenvalue weighted by Gasteiger charge is 2.47. The van der Waals surface area contributed by atoms with E-state index in [0.29, 0.717) is 5.69 Å². The van der Waals surface area contributed by atoms with Crippen LogP contribution >= 0.6 is 0 Å². The zero-order valence-corrected chi connectivity index (χ0v) is 15.5. The van der Waals surface area contributed by atoms with Gasteiger partial charge in [0.25, 0.3) is 11.8 Å². The van der Waals surface area contributed by atoms with E-state index in [0.717, 1.165) is 4.90 Å². The fourth-order valence-electron chi connectivity index (χ4n) is 3.34. The summed E-state index contributed by atoms with van der Waals surface area (Å²) in [4.78, 5) is 41.1. The van der Waals surface area contributed by atoms with E-state index in [4.69, 9.17) is 0 Å². The molecule has 140 valence electrons. The van der Waals surface area contributed by atoms with Crippen LogP contribution in [0.2, 0.25) is 0 Å². The van der Waals surface area contributed by atoms with Crippen LogP contribution in [0, 0.1) is 5.82 Å². The normalized spacial score (nSPS) is 17.3. The Morgan fingerprint density at radius 3 is 2.22 bits per heavy atom. The molecule has 0 bridgehead atoms. The lowest BCUT2D eigenvalue weighted by Gasteiger charge is -2.39. The lowest BCUT2D eigenvalue weighted by atomic mass is 9.99. The molecular weight excluding hydrogens is 347 g/mol. The van der Waals surface area contributed by atoms with Gasteiger partial charge in [0.1, 0.15) is 11.9 Å². The van der Waals surface area contributed by atoms with Gasteiger partial charge in [0.15, 0.2) is 0 Å². The maximum atomic E-state index is 14.2. The van der Waals surface area contributed by atoms with Crippen molar-refractivity contribution >= 4 is 23.4 Å². The van der Waals surface area contributed by atoms with E-state index in [9.17, 15) is 18.8 Å². The van der Waals surface area contributed by atoms with Crippen LogP contribution in [0.15, 0.2) is 54.6 Å². The minimum Gasteiger partial charge on any atom is -0.321 e. The second kappa shape index (κ2) is 6.95. The van der Waals surface area contributed by atoms with Crippen LogP contribution in [-0.4, -0.2) is 34.2 Å². The monoisotopic (exact) mass is 368 g/mol. The largest absolute Gasteiger partial charge is 0.321 e. The van der Waals surface area contributed by atoms with Gasteiger partial charge in [-0.25, -0.2) is 9.29 Å². The molecule has 3 rings (SSSR count). The Morgan fingerprint density at radius 2 is 1.63 bits per heavy atom. The molecular formula is C21H21FN2O3. The number of halogens is 1. The summed E-state index contributed by atoms with van der Waals surface area (Å²) in [5.41, 5.74) is -0.444. The van der Waals surface area contributed by atoms with Crippen LogP contribution in [0.4, 0.5) is 10.1 Å². The Hall–Kier alpha value is -3.02. The number of benzene rings is 2. The fraction of sp³-hybridized carbons (Fsp3) is 0.286. The molecule has 1 aliphatic rings. The van der Waals surface area contributed by atoms with E-state index in [1.165, 1.54) is 23.1 Å². The van der Waals surface area contributed by atoms with Gasteiger partial charge in [-0.15, -0.1) is 0 Å². The highest BCUT2D eigenvalue weighted by Crippen LogP contribution is 2.31. The first-order valence-electron chi connectivity index (χ1n) is 8.72. The molecule has 0 spiro atoms. The van der Waals surface area contributed by atoms with Crippen LogP contribution in [0.25, 0.3) is 0 Å². The van der Waals surface area contributed by atoms with Crippen molar-refractivity contribution in [1.29, 1.82) is 0 Å². The predicted molar refractivity (Wildman–Crippen MR) is 99.7 cm³/mol. The molecule has 2 aromatic rings. The van der Waals surface area contributed by atoms with Gasteiger partial charge in [-0.2, -0.15) is 0 Å². The van der Waals surface area contributed by atoms with Gasteiger partial charge in [0.2, 0.25) is 5.91 Å². The first kappa shape index (κ1) is 18.8. The number of anilines is 1. The van der Waals surface area contributed by atoms with Crippen molar-refractivity contribution in [3.8, 4) is 0 Å². The molecule has 0 saturated carbocycles. The van der Waals surface area contributed by atoms with Crippen LogP contribution in [-0.2, 0) is 9.59 Å². The lowest BCUT2D eigenvalue weighted by molar-refractivity contribution is -0.123. The highest BCUT2D eigenvalue weighted by atomic mass is 19.1. The summed E-state index contributed by atoms with van der Waals surface area (Å²) in [6.07, 6.45) is -0.134. The quantitative estimate of drug-likeness (QED) is 0.780. The van der Waals surface area contributed by atoms with E-state index in [1.54, 1.807) is 57.2 Å². The molecule has 3 amide bonds. The van der Waals surface area contributed by atoms with Crippen molar-refractivity contribution in [3.05, 3.63) is 66.0 Å². The summed E-state index contributed by atoms with van der Waals surface area (Å²) < 4.78 is 14.2. The molecule has 6 heteroatoms. The van der Waals surface area contributed by atoms with Gasteiger partial charge in [0, 0.05) is 5.54 Å². The van der Waals surface area contributed by atoms with Crippen LogP contribution < -0.4 is 4.90 Å². The second-order valence-corrected chi connectivity index (χ2v) is 7.45. The summed E-state index contributed by atoms with van der Waals surface area (Å²) in [5.74, 6) is -2.13. The van der Waals surface area contributed by atoms with Crippen LogP contribution in [0.5, 0.6) is 0 Å².